The minimum absolute atomic E-state index is 0.0530. The van der Waals surface area contributed by atoms with Crippen molar-refractivity contribution >= 4 is 28.7 Å². The Morgan fingerprint density at radius 3 is 2.75 bits per heavy atom. The number of nitrogens with one attached hydrogen (secondary N) is 1. The summed E-state index contributed by atoms with van der Waals surface area (Å²) in [4.78, 5) is 28.9. The van der Waals surface area contributed by atoms with Crippen LogP contribution in [0.4, 0.5) is 16.2 Å². The zero-order valence-electron chi connectivity index (χ0n) is 13.3. The number of anilines is 1. The van der Waals surface area contributed by atoms with E-state index in [1.54, 1.807) is 35.3 Å². The zero-order valence-corrected chi connectivity index (χ0v) is 14.1. The van der Waals surface area contributed by atoms with Gasteiger partial charge in [0.2, 0.25) is 0 Å². The van der Waals surface area contributed by atoms with Gasteiger partial charge in [0.25, 0.3) is 5.69 Å². The second-order valence-electron chi connectivity index (χ2n) is 5.82. The highest BCUT2D eigenvalue weighted by atomic mass is 32.1. The Labute approximate surface area is 143 Å². The Morgan fingerprint density at radius 2 is 2.17 bits per heavy atom. The fraction of sp³-hybridized carbons (Fsp3) is 0.375. The molecule has 1 fully saturated rings. The first-order valence-electron chi connectivity index (χ1n) is 7.75. The topological polar surface area (TPSA) is 88.4 Å². The number of nitro benzene ring substituents is 1. The number of likely N-dealkylation sites (tertiary alicyclic amines) is 1. The summed E-state index contributed by atoms with van der Waals surface area (Å²) in [5, 5.41) is 16.8. The first kappa shape index (κ1) is 16.4. The van der Waals surface area contributed by atoms with Gasteiger partial charge in [0.15, 0.2) is 0 Å². The van der Waals surface area contributed by atoms with Gasteiger partial charge in [-0.05, 0) is 31.9 Å². The summed E-state index contributed by atoms with van der Waals surface area (Å²) >= 11 is 1.66. The third-order valence-electron chi connectivity index (χ3n) is 4.23. The quantitative estimate of drug-likeness (QED) is 0.677. The highest BCUT2D eigenvalue weighted by Gasteiger charge is 2.25. The number of rotatable bonds is 3. The van der Waals surface area contributed by atoms with Gasteiger partial charge in [-0.25, -0.2) is 9.78 Å². The third kappa shape index (κ3) is 3.53. The van der Waals surface area contributed by atoms with Crippen molar-refractivity contribution in [1.82, 2.24) is 9.88 Å². The molecule has 0 unspecified atom stereocenters. The van der Waals surface area contributed by atoms with Crippen LogP contribution in [0.3, 0.4) is 0 Å². The molecule has 1 aliphatic rings. The van der Waals surface area contributed by atoms with Crippen molar-refractivity contribution in [3.63, 3.8) is 0 Å². The molecule has 2 heterocycles. The predicted molar refractivity (Wildman–Crippen MR) is 92.5 cm³/mol. The molecule has 0 spiro atoms. The molecule has 0 radical (unpaired) electrons. The Kier molecular flexibility index (Phi) is 4.75. The number of carbonyl (C=O) groups excluding carboxylic acids is 1. The maximum atomic E-state index is 12.4. The third-order valence-corrected chi connectivity index (χ3v) is 5.17. The lowest BCUT2D eigenvalue weighted by Crippen LogP contribution is -2.40. The van der Waals surface area contributed by atoms with Gasteiger partial charge >= 0.3 is 6.03 Å². The molecule has 7 nitrogen and oxygen atoms in total. The number of nitro groups is 1. The lowest BCUT2D eigenvalue weighted by Gasteiger charge is -2.31. The van der Waals surface area contributed by atoms with Crippen LogP contribution in [0.15, 0.2) is 29.8 Å². The fourth-order valence-electron chi connectivity index (χ4n) is 2.91. The number of piperidine rings is 1. The van der Waals surface area contributed by atoms with Crippen LogP contribution in [-0.2, 0) is 0 Å². The normalized spacial score (nSPS) is 15.3. The lowest BCUT2D eigenvalue weighted by atomic mass is 9.98. The maximum Gasteiger partial charge on any atom is 0.321 e. The van der Waals surface area contributed by atoms with E-state index in [0.29, 0.717) is 30.3 Å². The molecule has 24 heavy (non-hydrogen) atoms. The van der Waals surface area contributed by atoms with Crippen molar-refractivity contribution in [1.29, 1.82) is 0 Å². The Bertz CT molecular complexity index is 740. The number of aromatic nitrogens is 1. The Balaban J connectivity index is 1.58. The molecular weight excluding hydrogens is 328 g/mol. The largest absolute Gasteiger partial charge is 0.324 e. The van der Waals surface area contributed by atoms with Crippen molar-refractivity contribution in [2.45, 2.75) is 25.7 Å². The van der Waals surface area contributed by atoms with E-state index in [0.717, 1.165) is 17.8 Å². The van der Waals surface area contributed by atoms with E-state index < -0.39 is 4.92 Å². The molecule has 1 N–H and O–H groups in total. The van der Waals surface area contributed by atoms with E-state index in [-0.39, 0.29) is 11.7 Å². The number of benzene rings is 1. The van der Waals surface area contributed by atoms with Gasteiger partial charge < -0.3 is 10.2 Å². The van der Waals surface area contributed by atoms with Crippen LogP contribution in [0.5, 0.6) is 0 Å². The van der Waals surface area contributed by atoms with Crippen molar-refractivity contribution in [3.8, 4) is 0 Å². The molecule has 2 aromatic rings. The van der Waals surface area contributed by atoms with Gasteiger partial charge in [0.1, 0.15) is 0 Å². The van der Waals surface area contributed by atoms with E-state index in [9.17, 15) is 14.9 Å². The molecule has 1 saturated heterocycles. The van der Waals surface area contributed by atoms with E-state index in [1.807, 2.05) is 11.6 Å². The summed E-state index contributed by atoms with van der Waals surface area (Å²) in [6, 6.07) is 4.43. The van der Waals surface area contributed by atoms with Gasteiger partial charge in [-0.1, -0.05) is 0 Å². The van der Waals surface area contributed by atoms with Crippen LogP contribution in [0, 0.1) is 17.0 Å². The van der Waals surface area contributed by atoms with Crippen molar-refractivity contribution < 1.29 is 9.72 Å². The maximum absolute atomic E-state index is 12.4. The molecule has 8 heteroatoms. The second kappa shape index (κ2) is 6.96. The van der Waals surface area contributed by atoms with E-state index in [2.05, 4.69) is 10.3 Å². The smallest absolute Gasteiger partial charge is 0.321 e. The van der Waals surface area contributed by atoms with E-state index >= 15 is 0 Å². The van der Waals surface area contributed by atoms with Gasteiger partial charge in [-0.3, -0.25) is 10.1 Å². The fourth-order valence-corrected chi connectivity index (χ4v) is 3.72. The number of amides is 2. The molecule has 0 saturated carbocycles. The van der Waals surface area contributed by atoms with Gasteiger partial charge in [-0.15, -0.1) is 11.3 Å². The first-order valence-corrected chi connectivity index (χ1v) is 8.63. The molecule has 0 bridgehead atoms. The standard InChI is InChI=1S/C16H18N4O3S/c1-11-10-13(2-3-14(11)20(22)23)18-16(21)19-7-4-12(5-8-19)15-17-6-9-24-15/h2-3,6,9-10,12H,4-5,7-8H2,1H3,(H,18,21). The number of aryl methyl sites for hydroxylation is 1. The van der Waals surface area contributed by atoms with E-state index in [4.69, 9.17) is 0 Å². The zero-order chi connectivity index (χ0) is 17.1. The molecule has 2 amide bonds. The van der Waals surface area contributed by atoms with Crippen LogP contribution in [0.1, 0.15) is 29.3 Å². The average molecular weight is 346 g/mol. The molecule has 0 atom stereocenters. The van der Waals surface area contributed by atoms with Crippen LogP contribution < -0.4 is 5.32 Å². The minimum atomic E-state index is -0.426. The number of thiazole rings is 1. The molecule has 126 valence electrons. The SMILES string of the molecule is Cc1cc(NC(=O)N2CCC(c3nccs3)CC2)ccc1[N+](=O)[O-]. The highest BCUT2D eigenvalue weighted by Crippen LogP contribution is 2.29. The van der Waals surface area contributed by atoms with E-state index in [1.165, 1.54) is 6.07 Å². The van der Waals surface area contributed by atoms with Gasteiger partial charge in [-0.2, -0.15) is 0 Å². The highest BCUT2D eigenvalue weighted by molar-refractivity contribution is 7.09. The van der Waals surface area contributed by atoms with Crippen LogP contribution >= 0.6 is 11.3 Å². The average Bonchev–Trinajstić information content (AvgIpc) is 3.09. The van der Waals surface area contributed by atoms with Gasteiger partial charge in [0.05, 0.1) is 9.93 Å². The summed E-state index contributed by atoms with van der Waals surface area (Å²) in [6.45, 7) is 3.03. The molecule has 1 aliphatic heterocycles. The monoisotopic (exact) mass is 346 g/mol. The molecule has 0 aliphatic carbocycles. The van der Waals surface area contributed by atoms with Crippen molar-refractivity contribution in [3.05, 3.63) is 50.5 Å². The lowest BCUT2D eigenvalue weighted by molar-refractivity contribution is -0.385. The molecule has 1 aromatic carbocycles. The van der Waals surface area contributed by atoms with Crippen molar-refractivity contribution in [2.24, 2.45) is 0 Å². The summed E-state index contributed by atoms with van der Waals surface area (Å²) in [5.74, 6) is 0.427. The summed E-state index contributed by atoms with van der Waals surface area (Å²) < 4.78 is 0. The van der Waals surface area contributed by atoms with Crippen LogP contribution in [0.2, 0.25) is 0 Å². The minimum Gasteiger partial charge on any atom is -0.324 e. The molecule has 3 rings (SSSR count). The van der Waals surface area contributed by atoms with Crippen molar-refractivity contribution in [2.75, 3.05) is 18.4 Å². The number of hydrogen-bond acceptors (Lipinski definition) is 5. The van der Waals surface area contributed by atoms with Crippen LogP contribution in [-0.4, -0.2) is 33.9 Å². The molecular formula is C16H18N4O3S. The number of hydrogen-bond donors (Lipinski definition) is 1. The van der Waals surface area contributed by atoms with Crippen LogP contribution in [0.25, 0.3) is 0 Å². The number of nitrogens with zero attached hydrogens (tertiary/aromatic N) is 3. The summed E-state index contributed by atoms with van der Waals surface area (Å²) in [7, 11) is 0. The Hall–Kier alpha value is -2.48. The van der Waals surface area contributed by atoms with Gasteiger partial charge in [0, 0.05) is 47.9 Å². The summed E-state index contributed by atoms with van der Waals surface area (Å²) in [5.41, 5.74) is 1.16. The second-order valence-corrected chi connectivity index (χ2v) is 6.75. The number of urea groups is 1. The predicted octanol–water partition coefficient (Wildman–Crippen LogP) is 3.77. The molecule has 1 aromatic heterocycles. The summed E-state index contributed by atoms with van der Waals surface area (Å²) in [6.07, 6.45) is 3.62. The first-order chi connectivity index (χ1) is 11.5. The Morgan fingerprint density at radius 1 is 1.42 bits per heavy atom. The number of carbonyl (C=O) groups is 1.